The summed E-state index contributed by atoms with van der Waals surface area (Å²) in [6, 6.07) is 2.42. The molecule has 0 aliphatic heterocycles. The van der Waals surface area contributed by atoms with Crippen molar-refractivity contribution < 1.29 is 13.9 Å². The van der Waals surface area contributed by atoms with E-state index >= 15 is 0 Å². The number of carbonyl (C=O) groups is 1. The molecule has 0 atom stereocenters. The quantitative estimate of drug-likeness (QED) is 0.645. The zero-order chi connectivity index (χ0) is 14.3. The van der Waals surface area contributed by atoms with E-state index in [0.29, 0.717) is 14.4 Å². The Kier molecular flexibility index (Phi) is 7.71. The number of hydrogen-bond acceptors (Lipinski definition) is 2. The third-order valence-electron chi connectivity index (χ3n) is 2.19. The molecule has 0 saturated carbocycles. The number of halogens is 3. The lowest BCUT2D eigenvalue weighted by molar-refractivity contribution is -0.120. The summed E-state index contributed by atoms with van der Waals surface area (Å²) in [5.74, 6) is -0.140. The van der Waals surface area contributed by atoms with Gasteiger partial charge in [-0.3, -0.25) is 4.79 Å². The lowest BCUT2D eigenvalue weighted by atomic mass is 9.94. The van der Waals surface area contributed by atoms with Crippen LogP contribution in [0.15, 0.2) is 21.1 Å². The largest absolute Gasteiger partial charge is 0.426 e. The van der Waals surface area contributed by atoms with Crippen molar-refractivity contribution in [3.63, 3.8) is 0 Å². The Labute approximate surface area is 124 Å². The van der Waals surface area contributed by atoms with Gasteiger partial charge in [-0.05, 0) is 49.4 Å². The summed E-state index contributed by atoms with van der Waals surface area (Å²) in [7, 11) is 0. The average molecular weight is 384 g/mol. The van der Waals surface area contributed by atoms with Crippen LogP contribution < -0.4 is 4.74 Å². The van der Waals surface area contributed by atoms with Crippen molar-refractivity contribution in [1.82, 2.24) is 0 Å². The smallest absolute Gasteiger partial charge is 0.298 e. The van der Waals surface area contributed by atoms with Gasteiger partial charge in [-0.2, -0.15) is 0 Å². The van der Waals surface area contributed by atoms with Crippen molar-refractivity contribution in [1.29, 1.82) is 0 Å². The highest BCUT2D eigenvalue weighted by Crippen LogP contribution is 2.33. The van der Waals surface area contributed by atoms with E-state index in [2.05, 4.69) is 64.3 Å². The fraction of sp³-hybridized carbons (Fsp3) is 0.462. The Morgan fingerprint density at radius 2 is 1.67 bits per heavy atom. The van der Waals surface area contributed by atoms with Crippen molar-refractivity contribution in [2.24, 2.45) is 5.41 Å². The Bertz CT molecular complexity index is 377. The second-order valence-electron chi connectivity index (χ2n) is 4.83. The minimum Gasteiger partial charge on any atom is -0.426 e. The van der Waals surface area contributed by atoms with Crippen LogP contribution in [0.2, 0.25) is 0 Å². The Morgan fingerprint density at radius 3 is 1.94 bits per heavy atom. The molecule has 0 heterocycles. The number of ether oxygens (including phenoxy) is 1. The maximum atomic E-state index is 12.6. The summed E-state index contributed by atoms with van der Waals surface area (Å²) >= 11 is 6.09. The Balaban J connectivity index is 0.000000411. The van der Waals surface area contributed by atoms with Crippen molar-refractivity contribution >= 4 is 38.3 Å². The molecule has 2 nitrogen and oxygen atoms in total. The standard InChI is InChI=1S/C7H3Br2FO2.C6H14/c8-5-1-4(10)2-6(9)7(5)12-3-11;1-5-6(2,3)4/h1-3H;5H2,1-4H3. The van der Waals surface area contributed by atoms with Gasteiger partial charge in [0, 0.05) is 0 Å². The van der Waals surface area contributed by atoms with Crippen LogP contribution in [0.4, 0.5) is 4.39 Å². The summed E-state index contributed by atoms with van der Waals surface area (Å²) in [6.07, 6.45) is 1.27. The van der Waals surface area contributed by atoms with Crippen LogP contribution in [0, 0.1) is 11.2 Å². The van der Waals surface area contributed by atoms with Crippen molar-refractivity contribution in [2.45, 2.75) is 34.1 Å². The van der Waals surface area contributed by atoms with Gasteiger partial charge >= 0.3 is 0 Å². The maximum absolute atomic E-state index is 12.6. The van der Waals surface area contributed by atoms with Gasteiger partial charge in [0.1, 0.15) is 5.82 Å². The van der Waals surface area contributed by atoms with Gasteiger partial charge in [0.25, 0.3) is 6.47 Å². The molecular formula is C13H17Br2FO2. The molecule has 0 amide bonds. The molecule has 0 fully saturated rings. The molecule has 0 radical (unpaired) electrons. The van der Waals surface area contributed by atoms with Crippen LogP contribution in [0.25, 0.3) is 0 Å². The minimum absolute atomic E-state index is 0.270. The van der Waals surface area contributed by atoms with Crippen LogP contribution in [-0.2, 0) is 4.79 Å². The Hall–Kier alpha value is -0.420. The molecule has 1 rings (SSSR count). The van der Waals surface area contributed by atoms with Crippen molar-refractivity contribution in [2.75, 3.05) is 0 Å². The van der Waals surface area contributed by atoms with Gasteiger partial charge in [0.2, 0.25) is 0 Å². The number of carbonyl (C=O) groups excluding carboxylic acids is 1. The third-order valence-corrected chi connectivity index (χ3v) is 3.37. The van der Waals surface area contributed by atoms with Gasteiger partial charge < -0.3 is 4.74 Å². The molecule has 18 heavy (non-hydrogen) atoms. The van der Waals surface area contributed by atoms with Crippen LogP contribution in [0.1, 0.15) is 34.1 Å². The van der Waals surface area contributed by atoms with Gasteiger partial charge in [-0.15, -0.1) is 0 Å². The lowest BCUT2D eigenvalue weighted by Gasteiger charge is -2.12. The first-order valence-electron chi connectivity index (χ1n) is 5.46. The molecule has 5 heteroatoms. The molecule has 0 bridgehead atoms. The van der Waals surface area contributed by atoms with Crippen LogP contribution in [0.3, 0.4) is 0 Å². The first-order chi connectivity index (χ1) is 8.21. The zero-order valence-corrected chi connectivity index (χ0v) is 14.1. The van der Waals surface area contributed by atoms with E-state index in [1.807, 2.05) is 0 Å². The normalized spacial score (nSPS) is 10.4. The SMILES string of the molecule is CCC(C)(C)C.O=COc1c(Br)cc(F)cc1Br. The topological polar surface area (TPSA) is 26.3 Å². The van der Waals surface area contributed by atoms with E-state index in [-0.39, 0.29) is 12.2 Å². The summed E-state index contributed by atoms with van der Waals surface area (Å²) in [6.45, 7) is 9.22. The second kappa shape index (κ2) is 7.89. The number of benzene rings is 1. The van der Waals surface area contributed by atoms with E-state index in [9.17, 15) is 9.18 Å². The molecule has 0 N–H and O–H groups in total. The predicted octanol–water partition coefficient (Wildman–Crippen LogP) is 5.33. The van der Waals surface area contributed by atoms with Crippen LogP contribution >= 0.6 is 31.9 Å². The molecule has 1 aromatic carbocycles. The van der Waals surface area contributed by atoms with Gasteiger partial charge in [-0.1, -0.05) is 34.1 Å². The van der Waals surface area contributed by atoms with E-state index in [1.165, 1.54) is 18.6 Å². The van der Waals surface area contributed by atoms with Crippen molar-refractivity contribution in [3.05, 3.63) is 26.9 Å². The first-order valence-corrected chi connectivity index (χ1v) is 7.04. The second-order valence-corrected chi connectivity index (χ2v) is 6.54. The van der Waals surface area contributed by atoms with Gasteiger partial charge in [-0.25, -0.2) is 4.39 Å². The lowest BCUT2D eigenvalue weighted by Crippen LogP contribution is -2.00. The van der Waals surface area contributed by atoms with Crippen LogP contribution in [-0.4, -0.2) is 6.47 Å². The molecule has 0 spiro atoms. The number of hydrogen-bond donors (Lipinski definition) is 0. The predicted molar refractivity (Wildman–Crippen MR) is 78.2 cm³/mol. The molecule has 0 saturated heterocycles. The molecule has 0 aliphatic rings. The molecular weight excluding hydrogens is 367 g/mol. The third kappa shape index (κ3) is 7.11. The van der Waals surface area contributed by atoms with Gasteiger partial charge in [0.05, 0.1) is 8.95 Å². The maximum Gasteiger partial charge on any atom is 0.298 e. The van der Waals surface area contributed by atoms with E-state index in [4.69, 9.17) is 0 Å². The highest BCUT2D eigenvalue weighted by molar-refractivity contribution is 9.11. The monoisotopic (exact) mass is 382 g/mol. The zero-order valence-electron chi connectivity index (χ0n) is 10.9. The van der Waals surface area contributed by atoms with Gasteiger partial charge in [0.15, 0.2) is 5.75 Å². The summed E-state index contributed by atoms with van der Waals surface area (Å²) < 4.78 is 18.0. The van der Waals surface area contributed by atoms with E-state index < -0.39 is 5.82 Å². The highest BCUT2D eigenvalue weighted by atomic mass is 79.9. The van der Waals surface area contributed by atoms with Crippen LogP contribution in [0.5, 0.6) is 5.75 Å². The highest BCUT2D eigenvalue weighted by Gasteiger charge is 2.08. The summed E-state index contributed by atoms with van der Waals surface area (Å²) in [4.78, 5) is 10.0. The molecule has 0 aromatic heterocycles. The summed E-state index contributed by atoms with van der Waals surface area (Å²) in [5.41, 5.74) is 0.542. The minimum atomic E-state index is -0.410. The Morgan fingerprint density at radius 1 is 1.28 bits per heavy atom. The summed E-state index contributed by atoms with van der Waals surface area (Å²) in [5, 5.41) is 0. The molecule has 0 unspecified atom stereocenters. The first kappa shape index (κ1) is 17.6. The fourth-order valence-electron chi connectivity index (χ4n) is 0.690. The molecule has 1 aromatic rings. The fourth-order valence-corrected chi connectivity index (χ4v) is 2.01. The number of rotatable bonds is 2. The average Bonchev–Trinajstić information content (AvgIpc) is 2.23. The van der Waals surface area contributed by atoms with Crippen molar-refractivity contribution in [3.8, 4) is 5.75 Å². The van der Waals surface area contributed by atoms with E-state index in [0.717, 1.165) is 0 Å². The molecule has 102 valence electrons. The molecule has 0 aliphatic carbocycles. The van der Waals surface area contributed by atoms with E-state index in [1.54, 1.807) is 0 Å².